The minimum Gasteiger partial charge on any atom is -0.310 e. The zero-order valence-electron chi connectivity index (χ0n) is 12.6. The molecule has 0 bridgehead atoms. The van der Waals surface area contributed by atoms with Crippen LogP contribution in [0.1, 0.15) is 35.5 Å². The Morgan fingerprint density at radius 1 is 1.30 bits per heavy atom. The summed E-state index contributed by atoms with van der Waals surface area (Å²) in [4.78, 5) is 0. The molecule has 20 heavy (non-hydrogen) atoms. The number of aromatic nitrogens is 2. The minimum absolute atomic E-state index is 0.0327. The molecule has 3 nitrogen and oxygen atoms in total. The lowest BCUT2D eigenvalue weighted by atomic mass is 9.99. The zero-order valence-corrected chi connectivity index (χ0v) is 12.6. The largest absolute Gasteiger partial charge is 0.310 e. The average Bonchev–Trinajstić information content (AvgIpc) is 2.70. The molecule has 1 N–H and O–H groups in total. The first-order valence-electron chi connectivity index (χ1n) is 7.00. The molecule has 0 aliphatic carbocycles. The predicted molar refractivity (Wildman–Crippen MR) is 79.2 cm³/mol. The van der Waals surface area contributed by atoms with Gasteiger partial charge in [-0.2, -0.15) is 5.10 Å². The van der Waals surface area contributed by atoms with Gasteiger partial charge in [0.2, 0.25) is 0 Å². The molecule has 1 atom stereocenters. The van der Waals surface area contributed by atoms with E-state index in [1.54, 1.807) is 12.1 Å². The summed E-state index contributed by atoms with van der Waals surface area (Å²) in [7, 11) is 1.93. The Bertz CT molecular complexity index is 589. The number of benzene rings is 1. The topological polar surface area (TPSA) is 29.9 Å². The monoisotopic (exact) mass is 275 g/mol. The van der Waals surface area contributed by atoms with Crippen molar-refractivity contribution in [3.63, 3.8) is 0 Å². The number of hydrogen-bond acceptors (Lipinski definition) is 2. The fourth-order valence-electron chi connectivity index (χ4n) is 2.53. The second-order valence-electron chi connectivity index (χ2n) is 5.24. The Labute approximate surface area is 119 Å². The van der Waals surface area contributed by atoms with Crippen LogP contribution in [0.4, 0.5) is 4.39 Å². The van der Waals surface area contributed by atoms with Gasteiger partial charge in [0.25, 0.3) is 0 Å². The lowest BCUT2D eigenvalue weighted by Crippen LogP contribution is -2.25. The number of halogens is 1. The van der Waals surface area contributed by atoms with Crippen LogP contribution >= 0.6 is 0 Å². The van der Waals surface area contributed by atoms with Gasteiger partial charge in [-0.1, -0.05) is 24.6 Å². The molecule has 0 spiro atoms. The van der Waals surface area contributed by atoms with Gasteiger partial charge in [-0.05, 0) is 32.5 Å². The summed E-state index contributed by atoms with van der Waals surface area (Å²) in [5.41, 5.74) is 3.90. The molecular formula is C16H22FN3. The third kappa shape index (κ3) is 3.25. The Morgan fingerprint density at radius 2 is 2.05 bits per heavy atom. The van der Waals surface area contributed by atoms with Gasteiger partial charge in [-0.15, -0.1) is 0 Å². The quantitative estimate of drug-likeness (QED) is 0.909. The Morgan fingerprint density at radius 3 is 2.65 bits per heavy atom. The molecule has 0 radical (unpaired) electrons. The van der Waals surface area contributed by atoms with Crippen molar-refractivity contribution in [3.05, 3.63) is 52.6 Å². The SMILES string of the molecule is CCNC(Cc1cc(C)nn1C)c1cc(C)ccc1F. The highest BCUT2D eigenvalue weighted by Crippen LogP contribution is 2.22. The highest BCUT2D eigenvalue weighted by Gasteiger charge is 2.17. The molecule has 108 valence electrons. The van der Waals surface area contributed by atoms with E-state index < -0.39 is 0 Å². The zero-order chi connectivity index (χ0) is 14.7. The minimum atomic E-state index is -0.152. The molecule has 4 heteroatoms. The van der Waals surface area contributed by atoms with Crippen molar-refractivity contribution >= 4 is 0 Å². The number of aryl methyl sites for hydroxylation is 3. The van der Waals surface area contributed by atoms with Crippen molar-refractivity contribution in [2.75, 3.05) is 6.54 Å². The average molecular weight is 275 g/mol. The molecule has 2 aromatic rings. The van der Waals surface area contributed by atoms with Gasteiger partial charge in [0, 0.05) is 30.8 Å². The fourth-order valence-corrected chi connectivity index (χ4v) is 2.53. The smallest absolute Gasteiger partial charge is 0.128 e. The van der Waals surface area contributed by atoms with E-state index in [1.165, 1.54) is 0 Å². The first kappa shape index (κ1) is 14.7. The summed E-state index contributed by atoms with van der Waals surface area (Å²) >= 11 is 0. The molecule has 2 rings (SSSR count). The van der Waals surface area contributed by atoms with Crippen LogP contribution in [0.15, 0.2) is 24.3 Å². The first-order valence-corrected chi connectivity index (χ1v) is 7.00. The third-order valence-electron chi connectivity index (χ3n) is 3.49. The van der Waals surface area contributed by atoms with Crippen LogP contribution in [0, 0.1) is 19.7 Å². The van der Waals surface area contributed by atoms with E-state index in [1.807, 2.05) is 38.6 Å². The fraction of sp³-hybridized carbons (Fsp3) is 0.438. The van der Waals surface area contributed by atoms with Crippen molar-refractivity contribution in [2.24, 2.45) is 7.05 Å². The standard InChI is InChI=1S/C16H22FN3/c1-5-18-16(10-13-9-12(3)19-20(13)4)14-8-11(2)6-7-15(14)17/h6-9,16,18H,5,10H2,1-4H3. The molecule has 0 aliphatic heterocycles. The molecule has 0 saturated heterocycles. The van der Waals surface area contributed by atoms with Crippen molar-refractivity contribution in [1.29, 1.82) is 0 Å². The van der Waals surface area contributed by atoms with Gasteiger partial charge in [-0.3, -0.25) is 4.68 Å². The molecule has 1 heterocycles. The second kappa shape index (κ2) is 6.18. The molecule has 0 aliphatic rings. The van der Waals surface area contributed by atoms with Gasteiger partial charge < -0.3 is 5.32 Å². The molecular weight excluding hydrogens is 253 g/mol. The van der Waals surface area contributed by atoms with E-state index >= 15 is 0 Å². The number of nitrogens with one attached hydrogen (secondary N) is 1. The van der Waals surface area contributed by atoms with Crippen molar-refractivity contribution < 1.29 is 4.39 Å². The van der Waals surface area contributed by atoms with Gasteiger partial charge in [-0.25, -0.2) is 4.39 Å². The molecule has 0 fully saturated rings. The van der Waals surface area contributed by atoms with Crippen molar-refractivity contribution in [3.8, 4) is 0 Å². The predicted octanol–water partition coefficient (Wildman–Crippen LogP) is 3.07. The van der Waals surface area contributed by atoms with Crippen LogP contribution in [-0.4, -0.2) is 16.3 Å². The molecule has 0 saturated carbocycles. The highest BCUT2D eigenvalue weighted by molar-refractivity contribution is 5.28. The maximum atomic E-state index is 14.1. The van der Waals surface area contributed by atoms with Crippen LogP contribution in [0.25, 0.3) is 0 Å². The first-order chi connectivity index (χ1) is 9.51. The summed E-state index contributed by atoms with van der Waals surface area (Å²) in [5, 5.41) is 7.72. The molecule has 1 unspecified atom stereocenters. The number of likely N-dealkylation sites (N-methyl/N-ethyl adjacent to an activating group) is 1. The van der Waals surface area contributed by atoms with E-state index in [0.717, 1.165) is 35.5 Å². The highest BCUT2D eigenvalue weighted by atomic mass is 19.1. The van der Waals surface area contributed by atoms with E-state index in [-0.39, 0.29) is 11.9 Å². The Hall–Kier alpha value is -1.68. The second-order valence-corrected chi connectivity index (χ2v) is 5.24. The van der Waals surface area contributed by atoms with Crippen LogP contribution in [0.3, 0.4) is 0 Å². The molecule has 0 amide bonds. The number of rotatable bonds is 5. The van der Waals surface area contributed by atoms with Gasteiger partial charge in [0.15, 0.2) is 0 Å². The maximum absolute atomic E-state index is 14.1. The van der Waals surface area contributed by atoms with Crippen molar-refractivity contribution in [2.45, 2.75) is 33.2 Å². The van der Waals surface area contributed by atoms with Gasteiger partial charge >= 0.3 is 0 Å². The van der Waals surface area contributed by atoms with Crippen molar-refractivity contribution in [1.82, 2.24) is 15.1 Å². The molecule has 1 aromatic heterocycles. The van der Waals surface area contributed by atoms with Gasteiger partial charge in [0.1, 0.15) is 5.82 Å². The van der Waals surface area contributed by atoms with E-state index in [9.17, 15) is 4.39 Å². The maximum Gasteiger partial charge on any atom is 0.128 e. The normalized spacial score (nSPS) is 12.7. The Kier molecular flexibility index (Phi) is 4.55. The van der Waals surface area contributed by atoms with Crippen LogP contribution in [0.5, 0.6) is 0 Å². The summed E-state index contributed by atoms with van der Waals surface area (Å²) in [5.74, 6) is -0.152. The number of hydrogen-bond donors (Lipinski definition) is 1. The summed E-state index contributed by atoms with van der Waals surface area (Å²) in [6.45, 7) is 6.79. The molecule has 1 aromatic carbocycles. The number of nitrogens with zero attached hydrogens (tertiary/aromatic N) is 2. The van der Waals surface area contributed by atoms with Crippen LogP contribution in [-0.2, 0) is 13.5 Å². The summed E-state index contributed by atoms with van der Waals surface area (Å²) in [6, 6.07) is 7.29. The summed E-state index contributed by atoms with van der Waals surface area (Å²) in [6.07, 6.45) is 0.728. The lowest BCUT2D eigenvalue weighted by Gasteiger charge is -2.19. The summed E-state index contributed by atoms with van der Waals surface area (Å²) < 4.78 is 16.0. The van der Waals surface area contributed by atoms with Crippen LogP contribution < -0.4 is 5.32 Å². The van der Waals surface area contributed by atoms with E-state index in [4.69, 9.17) is 0 Å². The Balaban J connectivity index is 2.31. The van der Waals surface area contributed by atoms with E-state index in [0.29, 0.717) is 0 Å². The van der Waals surface area contributed by atoms with Gasteiger partial charge in [0.05, 0.1) is 5.69 Å². The van der Waals surface area contributed by atoms with Crippen LogP contribution in [0.2, 0.25) is 0 Å². The van der Waals surface area contributed by atoms with E-state index in [2.05, 4.69) is 16.5 Å². The third-order valence-corrected chi connectivity index (χ3v) is 3.49. The lowest BCUT2D eigenvalue weighted by molar-refractivity contribution is 0.496.